The van der Waals surface area contributed by atoms with Crippen LogP contribution >= 0.6 is 0 Å². The lowest BCUT2D eigenvalue weighted by molar-refractivity contribution is -0.142. The Balaban J connectivity index is 2.50. The zero-order chi connectivity index (χ0) is 16.2. The molecule has 0 heterocycles. The molecule has 1 rings (SSSR count). The number of rotatable bonds is 7. The van der Waals surface area contributed by atoms with Gasteiger partial charge in [0.25, 0.3) is 0 Å². The summed E-state index contributed by atoms with van der Waals surface area (Å²) in [4.78, 5) is 37.6. The van der Waals surface area contributed by atoms with Gasteiger partial charge >= 0.3 is 5.97 Å². The van der Waals surface area contributed by atoms with Crippen molar-refractivity contribution in [2.24, 2.45) is 0 Å². The van der Waals surface area contributed by atoms with Gasteiger partial charge in [-0.05, 0) is 33.6 Å². The first-order valence-electron chi connectivity index (χ1n) is 7.09. The molecule has 0 saturated heterocycles. The van der Waals surface area contributed by atoms with Gasteiger partial charge in [-0.2, -0.15) is 0 Å². The van der Waals surface area contributed by atoms with Crippen LogP contribution in [-0.2, 0) is 14.4 Å². The highest BCUT2D eigenvalue weighted by molar-refractivity contribution is 5.86. The quantitative estimate of drug-likeness (QED) is 0.685. The van der Waals surface area contributed by atoms with Gasteiger partial charge in [0.2, 0.25) is 11.8 Å². The van der Waals surface area contributed by atoms with E-state index in [4.69, 9.17) is 5.11 Å². The maximum absolute atomic E-state index is 12.1. The summed E-state index contributed by atoms with van der Waals surface area (Å²) in [6.07, 6.45) is 2.00. The van der Waals surface area contributed by atoms with Crippen molar-refractivity contribution in [3.63, 3.8) is 0 Å². The number of carboxylic acid groups (broad SMARTS) is 1. The standard InChI is InChI=1S/C14H25N3O4/c1-14(2,3)17(9-13(20)21)8-12(19)16(4)7-11(18)15-10-5-6-10/h10H,5-9H2,1-4H3,(H,15,18)(H,20,21). The highest BCUT2D eigenvalue weighted by atomic mass is 16.4. The number of carbonyl (C=O) groups is 3. The Morgan fingerprint density at radius 3 is 2.14 bits per heavy atom. The summed E-state index contributed by atoms with van der Waals surface area (Å²) in [7, 11) is 1.55. The van der Waals surface area contributed by atoms with Gasteiger partial charge in [0, 0.05) is 18.6 Å². The van der Waals surface area contributed by atoms with E-state index >= 15 is 0 Å². The minimum absolute atomic E-state index is 0.000385. The van der Waals surface area contributed by atoms with Gasteiger partial charge in [0.15, 0.2) is 0 Å². The molecule has 0 aromatic heterocycles. The first-order valence-corrected chi connectivity index (χ1v) is 7.09. The van der Waals surface area contributed by atoms with E-state index in [0.717, 1.165) is 12.8 Å². The third-order valence-electron chi connectivity index (χ3n) is 3.35. The molecule has 0 bridgehead atoms. The normalized spacial score (nSPS) is 14.9. The predicted octanol–water partition coefficient (Wildman–Crippen LogP) is -0.0915. The highest BCUT2D eigenvalue weighted by Gasteiger charge is 2.28. The molecule has 0 unspecified atom stereocenters. The van der Waals surface area contributed by atoms with Crippen LogP contribution in [0.2, 0.25) is 0 Å². The van der Waals surface area contributed by atoms with Crippen LogP contribution in [0.1, 0.15) is 33.6 Å². The topological polar surface area (TPSA) is 90.0 Å². The molecule has 0 aromatic carbocycles. The van der Waals surface area contributed by atoms with Crippen molar-refractivity contribution in [3.8, 4) is 0 Å². The molecule has 0 aliphatic heterocycles. The maximum Gasteiger partial charge on any atom is 0.317 e. The summed E-state index contributed by atoms with van der Waals surface area (Å²) in [6.45, 7) is 5.32. The summed E-state index contributed by atoms with van der Waals surface area (Å²) in [6, 6.07) is 0.263. The van der Waals surface area contributed by atoms with Crippen LogP contribution in [0.4, 0.5) is 0 Å². The summed E-state index contributed by atoms with van der Waals surface area (Å²) in [5.74, 6) is -1.42. The second-order valence-corrected chi connectivity index (χ2v) is 6.51. The molecule has 21 heavy (non-hydrogen) atoms. The lowest BCUT2D eigenvalue weighted by Gasteiger charge is -2.34. The first kappa shape index (κ1) is 17.4. The molecule has 0 radical (unpaired) electrons. The summed E-state index contributed by atoms with van der Waals surface area (Å²) < 4.78 is 0. The Bertz CT molecular complexity index is 413. The van der Waals surface area contributed by atoms with E-state index in [1.54, 1.807) is 11.9 Å². The smallest absolute Gasteiger partial charge is 0.317 e. The Kier molecular flexibility index (Phi) is 5.71. The molecule has 2 N–H and O–H groups in total. The van der Waals surface area contributed by atoms with Crippen LogP contribution < -0.4 is 5.32 Å². The van der Waals surface area contributed by atoms with E-state index in [1.807, 2.05) is 20.8 Å². The van der Waals surface area contributed by atoms with Gasteiger partial charge in [-0.25, -0.2) is 0 Å². The van der Waals surface area contributed by atoms with Crippen molar-refractivity contribution in [1.82, 2.24) is 15.1 Å². The van der Waals surface area contributed by atoms with E-state index < -0.39 is 11.5 Å². The fourth-order valence-corrected chi connectivity index (χ4v) is 1.78. The molecule has 1 fully saturated rings. The van der Waals surface area contributed by atoms with Gasteiger partial charge in [0.1, 0.15) is 0 Å². The molecule has 0 atom stereocenters. The Hall–Kier alpha value is -1.63. The maximum atomic E-state index is 12.1. The number of aliphatic carboxylic acids is 1. The Morgan fingerprint density at radius 1 is 1.14 bits per heavy atom. The van der Waals surface area contributed by atoms with Crippen LogP contribution in [0.15, 0.2) is 0 Å². The number of hydrogen-bond donors (Lipinski definition) is 2. The van der Waals surface area contributed by atoms with Gasteiger partial charge in [0.05, 0.1) is 19.6 Å². The van der Waals surface area contributed by atoms with E-state index in [0.29, 0.717) is 0 Å². The van der Waals surface area contributed by atoms with E-state index in [9.17, 15) is 14.4 Å². The first-order chi connectivity index (χ1) is 9.59. The van der Waals surface area contributed by atoms with Crippen LogP contribution in [0, 0.1) is 0 Å². The van der Waals surface area contributed by atoms with Crippen molar-refractivity contribution in [2.75, 3.05) is 26.7 Å². The summed E-state index contributed by atoms with van der Waals surface area (Å²) >= 11 is 0. The zero-order valence-corrected chi connectivity index (χ0v) is 13.2. The average molecular weight is 299 g/mol. The lowest BCUT2D eigenvalue weighted by atomic mass is 10.1. The number of carbonyl (C=O) groups excluding carboxylic acids is 2. The van der Waals surface area contributed by atoms with E-state index in [1.165, 1.54) is 4.90 Å². The van der Waals surface area contributed by atoms with Gasteiger partial charge < -0.3 is 15.3 Å². The van der Waals surface area contributed by atoms with Crippen LogP contribution in [0.3, 0.4) is 0 Å². The van der Waals surface area contributed by atoms with Gasteiger partial charge in [-0.3, -0.25) is 19.3 Å². The van der Waals surface area contributed by atoms with Crippen molar-refractivity contribution in [1.29, 1.82) is 0 Å². The molecule has 2 amide bonds. The second kappa shape index (κ2) is 6.89. The number of nitrogens with zero attached hydrogens (tertiary/aromatic N) is 2. The molecule has 0 aromatic rings. The SMILES string of the molecule is CN(CC(=O)NC1CC1)C(=O)CN(CC(=O)O)C(C)(C)C. The largest absolute Gasteiger partial charge is 0.480 e. The van der Waals surface area contributed by atoms with Gasteiger partial charge in [-0.1, -0.05) is 0 Å². The molecule has 1 saturated carbocycles. The van der Waals surface area contributed by atoms with Crippen molar-refractivity contribution in [3.05, 3.63) is 0 Å². The fourth-order valence-electron chi connectivity index (χ4n) is 1.78. The zero-order valence-electron chi connectivity index (χ0n) is 13.2. The van der Waals surface area contributed by atoms with Crippen LogP contribution in [0.25, 0.3) is 0 Å². The number of amides is 2. The summed E-state index contributed by atoms with van der Waals surface area (Å²) in [5.41, 5.74) is -0.439. The summed E-state index contributed by atoms with van der Waals surface area (Å²) in [5, 5.41) is 11.7. The van der Waals surface area contributed by atoms with Crippen molar-refractivity contribution in [2.45, 2.75) is 45.2 Å². The minimum Gasteiger partial charge on any atom is -0.480 e. The highest BCUT2D eigenvalue weighted by Crippen LogP contribution is 2.18. The third-order valence-corrected chi connectivity index (χ3v) is 3.35. The molecule has 0 spiro atoms. The van der Waals surface area contributed by atoms with Crippen LogP contribution in [-0.4, -0.2) is 71.0 Å². The van der Waals surface area contributed by atoms with E-state index in [-0.39, 0.29) is 37.5 Å². The lowest BCUT2D eigenvalue weighted by Crippen LogP contribution is -2.50. The Morgan fingerprint density at radius 2 is 1.71 bits per heavy atom. The number of nitrogens with one attached hydrogen (secondary N) is 1. The fraction of sp³-hybridized carbons (Fsp3) is 0.786. The second-order valence-electron chi connectivity index (χ2n) is 6.51. The minimum atomic E-state index is -0.980. The number of likely N-dealkylation sites (N-methyl/N-ethyl adjacent to an activating group) is 1. The van der Waals surface area contributed by atoms with E-state index in [2.05, 4.69) is 5.32 Å². The number of hydrogen-bond acceptors (Lipinski definition) is 4. The van der Waals surface area contributed by atoms with Crippen molar-refractivity contribution < 1.29 is 19.5 Å². The molecule has 7 heteroatoms. The average Bonchev–Trinajstić information content (AvgIpc) is 3.09. The van der Waals surface area contributed by atoms with Crippen LogP contribution in [0.5, 0.6) is 0 Å². The molecule has 1 aliphatic carbocycles. The molecule has 120 valence electrons. The molecule has 1 aliphatic rings. The molecular weight excluding hydrogens is 274 g/mol. The monoisotopic (exact) mass is 299 g/mol. The van der Waals surface area contributed by atoms with Crippen molar-refractivity contribution >= 4 is 17.8 Å². The Labute approximate surface area is 125 Å². The van der Waals surface area contributed by atoms with Gasteiger partial charge in [-0.15, -0.1) is 0 Å². The third kappa shape index (κ3) is 6.57. The molecule has 7 nitrogen and oxygen atoms in total. The molecular formula is C14H25N3O4. The predicted molar refractivity (Wildman–Crippen MR) is 77.8 cm³/mol. The number of carboxylic acids is 1.